The molecule has 1 saturated carbocycles. The minimum absolute atomic E-state index is 0.152. The maximum Gasteiger partial charge on any atom is 0.407 e. The van der Waals surface area contributed by atoms with Crippen molar-refractivity contribution >= 4 is 23.6 Å². The van der Waals surface area contributed by atoms with E-state index in [0.29, 0.717) is 42.3 Å². The van der Waals surface area contributed by atoms with E-state index in [2.05, 4.69) is 29.3 Å². The topological polar surface area (TPSA) is 76.7 Å². The van der Waals surface area contributed by atoms with E-state index in [1.54, 1.807) is 24.3 Å². The zero-order valence-electron chi connectivity index (χ0n) is 18.2. The van der Waals surface area contributed by atoms with Gasteiger partial charge in [-0.2, -0.15) is 0 Å². The first-order valence-electron chi connectivity index (χ1n) is 10.7. The molecule has 7 heteroatoms. The zero-order chi connectivity index (χ0) is 23.0. The number of alkyl carbamates (subject to hydrolysis) is 1. The summed E-state index contributed by atoms with van der Waals surface area (Å²) in [5, 5.41) is 6.13. The number of carbonyl (C=O) groups excluding carboxylic acids is 2. The van der Waals surface area contributed by atoms with Gasteiger partial charge in [-0.15, -0.1) is 6.58 Å². The molecule has 6 nitrogen and oxygen atoms in total. The molecule has 2 amide bonds. The lowest BCUT2D eigenvalue weighted by molar-refractivity contribution is 0.0570. The largest absolute Gasteiger partial charge is 0.494 e. The number of amides is 2. The number of hydrogen-bond donors (Lipinski definition) is 2. The Morgan fingerprint density at radius 3 is 2.50 bits per heavy atom. The van der Waals surface area contributed by atoms with Crippen LogP contribution in [0.2, 0.25) is 5.02 Å². The number of hydrogen-bond acceptors (Lipinski definition) is 4. The van der Waals surface area contributed by atoms with Crippen LogP contribution in [0.25, 0.3) is 0 Å². The van der Waals surface area contributed by atoms with E-state index in [1.165, 1.54) is 7.11 Å². The zero-order valence-corrected chi connectivity index (χ0v) is 19.0. The lowest BCUT2D eigenvalue weighted by atomic mass is 9.68. The molecule has 0 heterocycles. The lowest BCUT2D eigenvalue weighted by Crippen LogP contribution is -2.45. The third-order valence-corrected chi connectivity index (χ3v) is 6.24. The maximum atomic E-state index is 13.0. The Kier molecular flexibility index (Phi) is 8.17. The molecule has 2 aromatic rings. The number of methoxy groups -OCH3 is 1. The van der Waals surface area contributed by atoms with Crippen LogP contribution < -0.4 is 15.4 Å². The van der Waals surface area contributed by atoms with Gasteiger partial charge < -0.3 is 20.1 Å². The molecule has 3 rings (SSSR count). The first kappa shape index (κ1) is 23.7. The van der Waals surface area contributed by atoms with E-state index in [-0.39, 0.29) is 17.4 Å². The standard InChI is InChI=1S/C25H29ClN2O4/c1-3-16-27-24(30)32-19-12-14-25(15-13-19,18-8-5-4-6-9-18)17-28-23(29)20-10-7-11-21(26)22(20)31-2/h3-11,19H,1,12-17H2,2H3,(H,27,30)(H,28,29). The van der Waals surface area contributed by atoms with Crippen molar-refractivity contribution in [2.75, 3.05) is 20.2 Å². The summed E-state index contributed by atoms with van der Waals surface area (Å²) in [7, 11) is 1.50. The average Bonchev–Trinajstić information content (AvgIpc) is 2.82. The molecule has 0 bridgehead atoms. The van der Waals surface area contributed by atoms with E-state index >= 15 is 0 Å². The number of para-hydroxylation sites is 1. The molecule has 1 aliphatic rings. The molecule has 0 unspecified atom stereocenters. The third-order valence-electron chi connectivity index (χ3n) is 5.94. The van der Waals surface area contributed by atoms with Crippen LogP contribution in [0.1, 0.15) is 41.6 Å². The minimum atomic E-state index is -0.427. The number of nitrogens with one attached hydrogen (secondary N) is 2. The van der Waals surface area contributed by atoms with Crippen molar-refractivity contribution in [3.8, 4) is 5.75 Å². The highest BCUT2D eigenvalue weighted by atomic mass is 35.5. The number of carbonyl (C=O) groups is 2. The molecule has 0 spiro atoms. The number of benzene rings is 2. The van der Waals surface area contributed by atoms with Gasteiger partial charge in [-0.25, -0.2) is 4.79 Å². The second kappa shape index (κ2) is 11.0. The Morgan fingerprint density at radius 1 is 1.12 bits per heavy atom. The molecule has 1 aliphatic carbocycles. The van der Waals surface area contributed by atoms with Crippen molar-refractivity contribution in [1.82, 2.24) is 10.6 Å². The summed E-state index contributed by atoms with van der Waals surface area (Å²) in [6.07, 6.45) is 4.02. The SMILES string of the molecule is C=CCNC(=O)OC1CCC(CNC(=O)c2cccc(Cl)c2OC)(c2ccccc2)CC1. The van der Waals surface area contributed by atoms with E-state index in [0.717, 1.165) is 18.4 Å². The smallest absolute Gasteiger partial charge is 0.407 e. The van der Waals surface area contributed by atoms with Crippen molar-refractivity contribution < 1.29 is 19.1 Å². The Balaban J connectivity index is 1.71. The van der Waals surface area contributed by atoms with Crippen molar-refractivity contribution in [1.29, 1.82) is 0 Å². The van der Waals surface area contributed by atoms with Gasteiger partial charge in [0.2, 0.25) is 0 Å². The van der Waals surface area contributed by atoms with E-state index < -0.39 is 6.09 Å². The molecule has 0 aromatic heterocycles. The van der Waals surface area contributed by atoms with Gasteiger partial charge in [-0.05, 0) is 43.4 Å². The Hall–Kier alpha value is -2.99. The number of rotatable bonds is 8. The minimum Gasteiger partial charge on any atom is -0.494 e. The third kappa shape index (κ3) is 5.62. The van der Waals surface area contributed by atoms with Gasteiger partial charge in [0.15, 0.2) is 0 Å². The van der Waals surface area contributed by atoms with Gasteiger partial charge in [0.05, 0.1) is 17.7 Å². The van der Waals surface area contributed by atoms with Crippen LogP contribution in [0.5, 0.6) is 5.75 Å². The average molecular weight is 457 g/mol. The van der Waals surface area contributed by atoms with E-state index in [4.69, 9.17) is 21.1 Å². The molecular formula is C25H29ClN2O4. The summed E-state index contributed by atoms with van der Waals surface area (Å²) in [6, 6.07) is 15.3. The summed E-state index contributed by atoms with van der Waals surface area (Å²) >= 11 is 6.18. The van der Waals surface area contributed by atoms with Gasteiger partial charge in [-0.3, -0.25) is 4.79 Å². The Bertz CT molecular complexity index is 940. The summed E-state index contributed by atoms with van der Waals surface area (Å²) in [5.74, 6) is 0.130. The van der Waals surface area contributed by atoms with Crippen molar-refractivity contribution in [2.45, 2.75) is 37.2 Å². The van der Waals surface area contributed by atoms with Gasteiger partial charge in [-0.1, -0.05) is 54.1 Å². The Morgan fingerprint density at radius 2 is 1.84 bits per heavy atom. The number of ether oxygens (including phenoxy) is 2. The van der Waals surface area contributed by atoms with Crippen LogP contribution in [0, 0.1) is 0 Å². The predicted octanol–water partition coefficient (Wildman–Crippen LogP) is 4.87. The molecular weight excluding hydrogens is 428 g/mol. The molecule has 0 aliphatic heterocycles. The van der Waals surface area contributed by atoms with Crippen LogP contribution >= 0.6 is 11.6 Å². The second-order valence-corrected chi connectivity index (χ2v) is 8.33. The fraction of sp³-hybridized carbons (Fsp3) is 0.360. The van der Waals surface area contributed by atoms with Crippen LogP contribution in [0.15, 0.2) is 61.2 Å². The van der Waals surface area contributed by atoms with Crippen LogP contribution in [-0.4, -0.2) is 38.3 Å². The maximum absolute atomic E-state index is 13.0. The Labute approximate surface area is 193 Å². The van der Waals surface area contributed by atoms with Gasteiger partial charge in [0.1, 0.15) is 11.9 Å². The van der Waals surface area contributed by atoms with Crippen LogP contribution in [-0.2, 0) is 10.2 Å². The molecule has 170 valence electrons. The highest BCUT2D eigenvalue weighted by molar-refractivity contribution is 6.32. The molecule has 0 atom stereocenters. The highest BCUT2D eigenvalue weighted by Crippen LogP contribution is 2.40. The van der Waals surface area contributed by atoms with Gasteiger partial charge in [0, 0.05) is 18.5 Å². The highest BCUT2D eigenvalue weighted by Gasteiger charge is 2.38. The lowest BCUT2D eigenvalue weighted by Gasteiger charge is -2.40. The number of halogens is 1. The summed E-state index contributed by atoms with van der Waals surface area (Å²) in [6.45, 7) is 4.42. The summed E-state index contributed by atoms with van der Waals surface area (Å²) in [5.41, 5.74) is 1.31. The second-order valence-electron chi connectivity index (χ2n) is 7.92. The van der Waals surface area contributed by atoms with Crippen molar-refractivity contribution in [3.63, 3.8) is 0 Å². The fourth-order valence-electron chi connectivity index (χ4n) is 4.21. The summed E-state index contributed by atoms with van der Waals surface area (Å²) in [4.78, 5) is 24.9. The van der Waals surface area contributed by atoms with E-state index in [9.17, 15) is 9.59 Å². The molecule has 2 N–H and O–H groups in total. The van der Waals surface area contributed by atoms with Crippen LogP contribution in [0.4, 0.5) is 4.79 Å². The summed E-state index contributed by atoms with van der Waals surface area (Å²) < 4.78 is 10.9. The monoisotopic (exact) mass is 456 g/mol. The van der Waals surface area contributed by atoms with Crippen molar-refractivity contribution in [3.05, 3.63) is 77.3 Å². The molecule has 0 saturated heterocycles. The first-order valence-corrected chi connectivity index (χ1v) is 11.1. The van der Waals surface area contributed by atoms with Crippen LogP contribution in [0.3, 0.4) is 0 Å². The van der Waals surface area contributed by atoms with Gasteiger partial charge >= 0.3 is 6.09 Å². The van der Waals surface area contributed by atoms with E-state index in [1.807, 2.05) is 18.2 Å². The normalized spacial score (nSPS) is 20.1. The molecule has 0 radical (unpaired) electrons. The predicted molar refractivity (Wildman–Crippen MR) is 125 cm³/mol. The quantitative estimate of drug-likeness (QED) is 0.555. The molecule has 2 aromatic carbocycles. The first-order chi connectivity index (χ1) is 15.5. The van der Waals surface area contributed by atoms with Gasteiger partial charge in [0.25, 0.3) is 5.91 Å². The van der Waals surface area contributed by atoms with Crippen molar-refractivity contribution in [2.24, 2.45) is 0 Å². The molecule has 1 fully saturated rings. The molecule has 32 heavy (non-hydrogen) atoms. The fourth-order valence-corrected chi connectivity index (χ4v) is 4.46.